The Labute approximate surface area is 145 Å². The highest BCUT2D eigenvalue weighted by atomic mass is 32.1. The molecule has 0 spiro atoms. The third-order valence-corrected chi connectivity index (χ3v) is 4.41. The number of thiazole rings is 1. The standard InChI is InChI=1S/C16H14F2N4O2S/c1-2-3-6-22-14(23)5-4-11(21-22)15(24)20-16-19-12-7-9(17)10(18)8-13(12)25-16/h4-5,7-8H,2-3,6H2,1H3,(H,19,20,24). The highest BCUT2D eigenvalue weighted by Crippen LogP contribution is 2.27. The van der Waals surface area contributed by atoms with Crippen LogP contribution in [0.15, 0.2) is 29.1 Å². The summed E-state index contributed by atoms with van der Waals surface area (Å²) < 4.78 is 28.1. The zero-order valence-electron chi connectivity index (χ0n) is 13.3. The number of amides is 1. The van der Waals surface area contributed by atoms with Crippen molar-refractivity contribution in [3.63, 3.8) is 0 Å². The Kier molecular flexibility index (Phi) is 4.84. The van der Waals surface area contributed by atoms with Crippen LogP contribution in [0.25, 0.3) is 10.2 Å². The molecule has 2 heterocycles. The molecule has 0 aliphatic heterocycles. The number of rotatable bonds is 5. The van der Waals surface area contributed by atoms with E-state index in [1.54, 1.807) is 0 Å². The number of carbonyl (C=O) groups excluding carboxylic acids is 1. The average Bonchev–Trinajstić information content (AvgIpc) is 2.95. The topological polar surface area (TPSA) is 76.9 Å². The van der Waals surface area contributed by atoms with Gasteiger partial charge in [0.2, 0.25) is 0 Å². The number of benzene rings is 1. The number of nitrogens with one attached hydrogen (secondary N) is 1. The van der Waals surface area contributed by atoms with E-state index in [4.69, 9.17) is 0 Å². The fourth-order valence-electron chi connectivity index (χ4n) is 2.18. The molecular formula is C16H14F2N4O2S. The Bertz CT molecular complexity index is 960. The van der Waals surface area contributed by atoms with Crippen molar-refractivity contribution >= 4 is 32.6 Å². The Balaban J connectivity index is 1.83. The van der Waals surface area contributed by atoms with Crippen molar-refractivity contribution in [1.29, 1.82) is 0 Å². The number of fused-ring (bicyclic) bond motifs is 1. The average molecular weight is 364 g/mol. The van der Waals surface area contributed by atoms with Crippen LogP contribution in [0.3, 0.4) is 0 Å². The fraction of sp³-hybridized carbons (Fsp3) is 0.250. The SMILES string of the molecule is CCCCn1nc(C(=O)Nc2nc3cc(F)c(F)cc3s2)ccc1=O. The quantitative estimate of drug-likeness (QED) is 0.754. The first-order valence-corrected chi connectivity index (χ1v) is 8.44. The van der Waals surface area contributed by atoms with Gasteiger partial charge in [-0.25, -0.2) is 18.4 Å². The smallest absolute Gasteiger partial charge is 0.277 e. The molecule has 25 heavy (non-hydrogen) atoms. The summed E-state index contributed by atoms with van der Waals surface area (Å²) in [6.45, 7) is 2.41. The summed E-state index contributed by atoms with van der Waals surface area (Å²) in [5.74, 6) is -2.52. The van der Waals surface area contributed by atoms with Crippen molar-refractivity contribution in [1.82, 2.24) is 14.8 Å². The third kappa shape index (κ3) is 3.71. The van der Waals surface area contributed by atoms with Crippen LogP contribution in [0.2, 0.25) is 0 Å². The lowest BCUT2D eigenvalue weighted by Crippen LogP contribution is -2.26. The molecule has 1 N–H and O–H groups in total. The van der Waals surface area contributed by atoms with Crippen LogP contribution >= 0.6 is 11.3 Å². The molecule has 0 unspecified atom stereocenters. The minimum absolute atomic E-state index is 0.0623. The number of unbranched alkanes of at least 4 members (excludes halogenated alkanes) is 1. The van der Waals surface area contributed by atoms with Crippen LogP contribution in [0.5, 0.6) is 0 Å². The van der Waals surface area contributed by atoms with E-state index in [-0.39, 0.29) is 21.9 Å². The molecule has 0 fully saturated rings. The zero-order chi connectivity index (χ0) is 18.0. The number of carbonyl (C=O) groups is 1. The Morgan fingerprint density at radius 1 is 1.28 bits per heavy atom. The molecule has 0 atom stereocenters. The van der Waals surface area contributed by atoms with Gasteiger partial charge in [-0.1, -0.05) is 24.7 Å². The van der Waals surface area contributed by atoms with Gasteiger partial charge in [-0.2, -0.15) is 5.10 Å². The van der Waals surface area contributed by atoms with Crippen molar-refractivity contribution < 1.29 is 13.6 Å². The molecule has 0 saturated heterocycles. The number of hydrogen-bond acceptors (Lipinski definition) is 5. The van der Waals surface area contributed by atoms with Crippen molar-refractivity contribution in [3.05, 3.63) is 51.9 Å². The molecule has 0 radical (unpaired) electrons. The fourth-order valence-corrected chi connectivity index (χ4v) is 3.04. The number of aryl methyl sites for hydroxylation is 1. The highest BCUT2D eigenvalue weighted by molar-refractivity contribution is 7.22. The first kappa shape index (κ1) is 17.2. The predicted molar refractivity (Wildman–Crippen MR) is 90.9 cm³/mol. The Hall–Kier alpha value is -2.68. The molecule has 0 aliphatic carbocycles. The van der Waals surface area contributed by atoms with Gasteiger partial charge in [0.1, 0.15) is 5.69 Å². The molecule has 0 bridgehead atoms. The molecule has 6 nitrogen and oxygen atoms in total. The van der Waals surface area contributed by atoms with E-state index < -0.39 is 17.5 Å². The summed E-state index contributed by atoms with van der Waals surface area (Å²) in [5.41, 5.74) is 0.0309. The lowest BCUT2D eigenvalue weighted by atomic mass is 10.3. The molecule has 3 aromatic rings. The summed E-state index contributed by atoms with van der Waals surface area (Å²) in [4.78, 5) is 28.1. The summed E-state index contributed by atoms with van der Waals surface area (Å²) in [6, 6.07) is 4.61. The summed E-state index contributed by atoms with van der Waals surface area (Å²) in [5, 5.41) is 6.76. The molecule has 9 heteroatoms. The molecular weight excluding hydrogens is 350 g/mol. The summed E-state index contributed by atoms with van der Waals surface area (Å²) in [7, 11) is 0. The molecule has 1 aromatic carbocycles. The minimum Gasteiger partial charge on any atom is -0.296 e. The zero-order valence-corrected chi connectivity index (χ0v) is 14.1. The van der Waals surface area contributed by atoms with Crippen LogP contribution < -0.4 is 10.9 Å². The van der Waals surface area contributed by atoms with Crippen LogP contribution in [0, 0.1) is 11.6 Å². The maximum atomic E-state index is 13.2. The summed E-state index contributed by atoms with van der Waals surface area (Å²) >= 11 is 1.02. The van der Waals surface area contributed by atoms with Crippen LogP contribution in [-0.2, 0) is 6.54 Å². The Morgan fingerprint density at radius 3 is 2.80 bits per heavy atom. The lowest BCUT2D eigenvalue weighted by molar-refractivity contribution is 0.101. The molecule has 130 valence electrons. The second-order valence-corrected chi connectivity index (χ2v) is 6.37. The normalized spacial score (nSPS) is 11.0. The molecule has 3 rings (SSSR count). The number of nitrogens with zero attached hydrogens (tertiary/aromatic N) is 3. The molecule has 2 aromatic heterocycles. The number of aromatic nitrogens is 3. The van der Waals surface area contributed by atoms with Crippen LogP contribution in [0.4, 0.5) is 13.9 Å². The van der Waals surface area contributed by atoms with Gasteiger partial charge in [0.25, 0.3) is 11.5 Å². The van der Waals surface area contributed by atoms with E-state index in [1.165, 1.54) is 16.8 Å². The van der Waals surface area contributed by atoms with E-state index in [1.807, 2.05) is 6.92 Å². The summed E-state index contributed by atoms with van der Waals surface area (Å²) in [6.07, 6.45) is 1.66. The predicted octanol–water partition coefficient (Wildman–Crippen LogP) is 3.18. The maximum absolute atomic E-state index is 13.2. The van der Waals surface area contributed by atoms with Gasteiger partial charge < -0.3 is 0 Å². The van der Waals surface area contributed by atoms with E-state index in [2.05, 4.69) is 15.4 Å². The van der Waals surface area contributed by atoms with Gasteiger partial charge in [-0.3, -0.25) is 14.9 Å². The second-order valence-electron chi connectivity index (χ2n) is 5.34. The van der Waals surface area contributed by atoms with Crippen LogP contribution in [-0.4, -0.2) is 20.7 Å². The van der Waals surface area contributed by atoms with E-state index in [0.717, 1.165) is 36.3 Å². The van der Waals surface area contributed by atoms with E-state index in [0.29, 0.717) is 11.2 Å². The monoisotopic (exact) mass is 364 g/mol. The highest BCUT2D eigenvalue weighted by Gasteiger charge is 2.14. The van der Waals surface area contributed by atoms with Gasteiger partial charge in [0.05, 0.1) is 10.2 Å². The van der Waals surface area contributed by atoms with Gasteiger partial charge in [0.15, 0.2) is 16.8 Å². The largest absolute Gasteiger partial charge is 0.296 e. The Morgan fingerprint density at radius 2 is 2.04 bits per heavy atom. The van der Waals surface area contributed by atoms with Gasteiger partial charge in [0, 0.05) is 18.7 Å². The molecule has 1 amide bonds. The maximum Gasteiger partial charge on any atom is 0.277 e. The van der Waals surface area contributed by atoms with Crippen molar-refractivity contribution in [2.45, 2.75) is 26.3 Å². The van der Waals surface area contributed by atoms with Crippen molar-refractivity contribution in [2.24, 2.45) is 0 Å². The van der Waals surface area contributed by atoms with Crippen molar-refractivity contribution in [3.8, 4) is 0 Å². The number of anilines is 1. The van der Waals surface area contributed by atoms with Gasteiger partial charge >= 0.3 is 0 Å². The van der Waals surface area contributed by atoms with E-state index in [9.17, 15) is 18.4 Å². The molecule has 0 aliphatic rings. The lowest BCUT2D eigenvalue weighted by Gasteiger charge is -2.05. The van der Waals surface area contributed by atoms with Crippen molar-refractivity contribution in [2.75, 3.05) is 5.32 Å². The first-order valence-electron chi connectivity index (χ1n) is 7.63. The van der Waals surface area contributed by atoms with E-state index >= 15 is 0 Å². The second kappa shape index (κ2) is 7.06. The van der Waals surface area contributed by atoms with Crippen LogP contribution in [0.1, 0.15) is 30.3 Å². The number of hydrogen-bond donors (Lipinski definition) is 1. The first-order chi connectivity index (χ1) is 12.0. The van der Waals surface area contributed by atoms with Gasteiger partial charge in [-0.15, -0.1) is 0 Å². The number of halogens is 2. The van der Waals surface area contributed by atoms with Gasteiger partial charge in [-0.05, 0) is 18.6 Å². The third-order valence-electron chi connectivity index (χ3n) is 3.47. The molecule has 0 saturated carbocycles. The minimum atomic E-state index is -1.000.